The third kappa shape index (κ3) is 2.67. The van der Waals surface area contributed by atoms with Gasteiger partial charge in [0.15, 0.2) is 5.78 Å². The van der Waals surface area contributed by atoms with Crippen molar-refractivity contribution < 1.29 is 4.79 Å². The van der Waals surface area contributed by atoms with Crippen LogP contribution >= 0.6 is 0 Å². The Bertz CT molecular complexity index is 579. The number of carbonyl (C=O) groups excluding carboxylic acids is 1. The molecule has 0 N–H and O–H groups in total. The van der Waals surface area contributed by atoms with Crippen molar-refractivity contribution in [2.75, 3.05) is 0 Å². The average molecular weight is 253 g/mol. The Balaban J connectivity index is 1.85. The zero-order valence-corrected chi connectivity index (χ0v) is 11.1. The maximum atomic E-state index is 12.5. The highest BCUT2D eigenvalue weighted by Crippen LogP contribution is 2.28. The number of fused-ring (bicyclic) bond motifs is 1. The summed E-state index contributed by atoms with van der Waals surface area (Å²) in [4.78, 5) is 16.6. The van der Waals surface area contributed by atoms with Gasteiger partial charge in [-0.2, -0.15) is 0 Å². The van der Waals surface area contributed by atoms with Gasteiger partial charge in [0.2, 0.25) is 0 Å². The maximum absolute atomic E-state index is 12.5. The topological polar surface area (TPSA) is 30.0 Å². The van der Waals surface area contributed by atoms with Crippen LogP contribution in [0.5, 0.6) is 0 Å². The fourth-order valence-electron chi connectivity index (χ4n) is 3.13. The van der Waals surface area contributed by atoms with Crippen molar-refractivity contribution in [1.82, 2.24) is 4.98 Å². The van der Waals surface area contributed by atoms with E-state index < -0.39 is 0 Å². The summed E-state index contributed by atoms with van der Waals surface area (Å²) in [6, 6.07) is 7.87. The van der Waals surface area contributed by atoms with Gasteiger partial charge in [-0.25, -0.2) is 0 Å². The molecule has 1 aromatic carbocycles. The summed E-state index contributed by atoms with van der Waals surface area (Å²) in [5.74, 6) is 0.891. The standard InChI is InChI=1S/C17H19NO/c19-17(11-13-5-2-1-3-6-13)16-8-4-7-14-12-18-10-9-15(14)16/h4,7-10,12-13H,1-3,5-6,11H2. The number of rotatable bonds is 3. The third-order valence-corrected chi connectivity index (χ3v) is 4.18. The maximum Gasteiger partial charge on any atom is 0.163 e. The molecule has 98 valence electrons. The van der Waals surface area contributed by atoms with Crippen LogP contribution in [0.15, 0.2) is 36.7 Å². The van der Waals surface area contributed by atoms with Crippen molar-refractivity contribution in [1.29, 1.82) is 0 Å². The number of pyridine rings is 1. The molecule has 0 saturated heterocycles. The second-order valence-electron chi connectivity index (χ2n) is 5.53. The van der Waals surface area contributed by atoms with E-state index in [9.17, 15) is 4.79 Å². The molecule has 1 fully saturated rings. The number of aromatic nitrogens is 1. The van der Waals surface area contributed by atoms with Gasteiger partial charge in [-0.1, -0.05) is 50.3 Å². The second-order valence-corrected chi connectivity index (χ2v) is 5.53. The van der Waals surface area contributed by atoms with Crippen LogP contribution in [-0.2, 0) is 0 Å². The highest BCUT2D eigenvalue weighted by Gasteiger charge is 2.19. The molecule has 0 aliphatic heterocycles. The first kappa shape index (κ1) is 12.3. The van der Waals surface area contributed by atoms with E-state index in [1.165, 1.54) is 32.1 Å². The molecular weight excluding hydrogens is 234 g/mol. The van der Waals surface area contributed by atoms with Crippen LogP contribution in [0, 0.1) is 5.92 Å². The third-order valence-electron chi connectivity index (χ3n) is 4.18. The van der Waals surface area contributed by atoms with Crippen LogP contribution in [0.2, 0.25) is 0 Å². The Kier molecular flexibility index (Phi) is 3.58. The molecule has 2 heteroatoms. The van der Waals surface area contributed by atoms with Crippen molar-refractivity contribution in [3.05, 3.63) is 42.2 Å². The average Bonchev–Trinajstić information content (AvgIpc) is 2.47. The van der Waals surface area contributed by atoms with Crippen molar-refractivity contribution in [2.24, 2.45) is 5.92 Å². The molecule has 0 spiro atoms. The second kappa shape index (κ2) is 5.52. The van der Waals surface area contributed by atoms with Crippen LogP contribution in [0.3, 0.4) is 0 Å². The molecule has 19 heavy (non-hydrogen) atoms. The number of ketones is 1. The molecule has 3 rings (SSSR count). The van der Waals surface area contributed by atoms with E-state index in [-0.39, 0.29) is 0 Å². The van der Waals surface area contributed by atoms with Crippen molar-refractivity contribution in [3.8, 4) is 0 Å². The first-order chi connectivity index (χ1) is 9.34. The fraction of sp³-hybridized carbons (Fsp3) is 0.412. The van der Waals surface area contributed by atoms with Crippen LogP contribution in [0.25, 0.3) is 10.8 Å². The Morgan fingerprint density at radius 2 is 2.00 bits per heavy atom. The molecule has 1 aliphatic rings. The minimum atomic E-state index is 0.295. The van der Waals surface area contributed by atoms with Crippen LogP contribution < -0.4 is 0 Å². The highest BCUT2D eigenvalue weighted by molar-refractivity contribution is 6.07. The van der Waals surface area contributed by atoms with E-state index in [1.807, 2.05) is 30.5 Å². The molecule has 1 saturated carbocycles. The molecule has 2 nitrogen and oxygen atoms in total. The van der Waals surface area contributed by atoms with Crippen molar-refractivity contribution in [3.63, 3.8) is 0 Å². The Morgan fingerprint density at radius 1 is 1.16 bits per heavy atom. The SMILES string of the molecule is O=C(CC1CCCCC1)c1cccc2cnccc12. The molecular formula is C17H19NO. The van der Waals surface area contributed by atoms with E-state index >= 15 is 0 Å². The van der Waals surface area contributed by atoms with Gasteiger partial charge in [-0.15, -0.1) is 0 Å². The van der Waals surface area contributed by atoms with Gasteiger partial charge in [0, 0.05) is 29.8 Å². The van der Waals surface area contributed by atoms with Gasteiger partial charge in [-0.3, -0.25) is 9.78 Å². The van der Waals surface area contributed by atoms with Crippen molar-refractivity contribution >= 4 is 16.6 Å². The number of Topliss-reactive ketones (excluding diaryl/α,β-unsaturated/α-hetero) is 1. The van der Waals surface area contributed by atoms with E-state index in [0.29, 0.717) is 18.1 Å². The molecule has 0 unspecified atom stereocenters. The van der Waals surface area contributed by atoms with E-state index in [2.05, 4.69) is 4.98 Å². The highest BCUT2D eigenvalue weighted by atomic mass is 16.1. The molecule has 2 aromatic rings. The van der Waals surface area contributed by atoms with Crippen LogP contribution in [0.4, 0.5) is 0 Å². The summed E-state index contributed by atoms with van der Waals surface area (Å²) in [6.07, 6.45) is 10.7. The lowest BCUT2D eigenvalue weighted by atomic mass is 9.84. The van der Waals surface area contributed by atoms with Crippen LogP contribution in [-0.4, -0.2) is 10.8 Å². The molecule has 1 aliphatic carbocycles. The Morgan fingerprint density at radius 3 is 2.84 bits per heavy atom. The number of carbonyl (C=O) groups is 1. The predicted molar refractivity (Wildman–Crippen MR) is 77.3 cm³/mol. The molecule has 0 amide bonds. The Labute approximate surface area is 113 Å². The van der Waals surface area contributed by atoms with E-state index in [4.69, 9.17) is 0 Å². The van der Waals surface area contributed by atoms with Crippen molar-refractivity contribution in [2.45, 2.75) is 38.5 Å². The summed E-state index contributed by atoms with van der Waals surface area (Å²) in [7, 11) is 0. The van der Waals surface area contributed by atoms with Gasteiger partial charge in [0.05, 0.1) is 0 Å². The Hall–Kier alpha value is -1.70. The summed E-state index contributed by atoms with van der Waals surface area (Å²) in [6.45, 7) is 0. The first-order valence-corrected chi connectivity index (χ1v) is 7.20. The molecule has 1 heterocycles. The lowest BCUT2D eigenvalue weighted by Gasteiger charge is -2.20. The normalized spacial score (nSPS) is 16.6. The van der Waals surface area contributed by atoms with Gasteiger partial charge in [0.25, 0.3) is 0 Å². The first-order valence-electron chi connectivity index (χ1n) is 7.20. The van der Waals surface area contributed by atoms with E-state index in [0.717, 1.165) is 16.3 Å². The molecule has 0 atom stereocenters. The van der Waals surface area contributed by atoms with Gasteiger partial charge in [0.1, 0.15) is 0 Å². The fourth-order valence-corrected chi connectivity index (χ4v) is 3.13. The minimum absolute atomic E-state index is 0.295. The number of hydrogen-bond acceptors (Lipinski definition) is 2. The minimum Gasteiger partial charge on any atom is -0.294 e. The largest absolute Gasteiger partial charge is 0.294 e. The smallest absolute Gasteiger partial charge is 0.163 e. The molecule has 0 bridgehead atoms. The van der Waals surface area contributed by atoms with E-state index in [1.54, 1.807) is 6.20 Å². The van der Waals surface area contributed by atoms with Gasteiger partial charge in [-0.05, 0) is 17.4 Å². The van der Waals surface area contributed by atoms with Gasteiger partial charge < -0.3 is 0 Å². The monoisotopic (exact) mass is 253 g/mol. The summed E-state index contributed by atoms with van der Waals surface area (Å²) in [5.41, 5.74) is 0.866. The quantitative estimate of drug-likeness (QED) is 0.759. The lowest BCUT2D eigenvalue weighted by Crippen LogP contribution is -2.12. The zero-order chi connectivity index (χ0) is 13.1. The lowest BCUT2D eigenvalue weighted by molar-refractivity contribution is 0.0952. The predicted octanol–water partition coefficient (Wildman–Crippen LogP) is 4.39. The number of hydrogen-bond donors (Lipinski definition) is 0. The number of benzene rings is 1. The summed E-state index contributed by atoms with van der Waals surface area (Å²) in [5, 5.41) is 2.09. The molecule has 1 aromatic heterocycles. The summed E-state index contributed by atoms with van der Waals surface area (Å²) < 4.78 is 0. The molecule has 0 radical (unpaired) electrons. The van der Waals surface area contributed by atoms with Crippen LogP contribution in [0.1, 0.15) is 48.9 Å². The van der Waals surface area contributed by atoms with Gasteiger partial charge >= 0.3 is 0 Å². The zero-order valence-electron chi connectivity index (χ0n) is 11.1. The number of nitrogens with zero attached hydrogens (tertiary/aromatic N) is 1. The summed E-state index contributed by atoms with van der Waals surface area (Å²) >= 11 is 0.